The summed E-state index contributed by atoms with van der Waals surface area (Å²) < 4.78 is 0. The minimum absolute atomic E-state index is 0.00415. The van der Waals surface area contributed by atoms with Crippen molar-refractivity contribution in [2.75, 3.05) is 0 Å². The highest BCUT2D eigenvalue weighted by Crippen LogP contribution is 2.24. The van der Waals surface area contributed by atoms with Gasteiger partial charge in [0, 0.05) is 6.04 Å². The van der Waals surface area contributed by atoms with E-state index in [1.807, 2.05) is 0 Å². The molecule has 0 saturated heterocycles. The van der Waals surface area contributed by atoms with E-state index in [9.17, 15) is 9.90 Å². The lowest BCUT2D eigenvalue weighted by Gasteiger charge is -2.32. The van der Waals surface area contributed by atoms with Gasteiger partial charge in [0.15, 0.2) is 0 Å². The summed E-state index contributed by atoms with van der Waals surface area (Å²) in [7, 11) is 0. The quantitative estimate of drug-likeness (QED) is 0.672. The monoisotopic (exact) mass is 240 g/mol. The Kier molecular flexibility index (Phi) is 4.40. The lowest BCUT2D eigenvalue weighted by Crippen LogP contribution is -2.51. The molecule has 4 N–H and O–H groups in total. The summed E-state index contributed by atoms with van der Waals surface area (Å²) in [4.78, 5) is 12.1. The first-order valence-electron chi connectivity index (χ1n) is 6.92. The second-order valence-electron chi connectivity index (χ2n) is 5.52. The molecule has 0 aromatic heterocycles. The van der Waals surface area contributed by atoms with Crippen molar-refractivity contribution in [1.29, 1.82) is 0 Å². The first-order chi connectivity index (χ1) is 8.18. The normalized spacial score (nSPS) is 38.7. The van der Waals surface area contributed by atoms with E-state index in [4.69, 9.17) is 5.73 Å². The van der Waals surface area contributed by atoms with Crippen molar-refractivity contribution in [1.82, 2.24) is 5.32 Å². The molecule has 4 heteroatoms. The van der Waals surface area contributed by atoms with Gasteiger partial charge in [-0.25, -0.2) is 0 Å². The smallest absolute Gasteiger partial charge is 0.224 e. The van der Waals surface area contributed by atoms with Gasteiger partial charge in [-0.3, -0.25) is 4.79 Å². The Morgan fingerprint density at radius 1 is 1.06 bits per heavy atom. The number of carbonyl (C=O) groups excluding carboxylic acids is 1. The number of nitrogens with one attached hydrogen (secondary N) is 1. The van der Waals surface area contributed by atoms with Gasteiger partial charge in [0.25, 0.3) is 0 Å². The van der Waals surface area contributed by atoms with Gasteiger partial charge in [-0.2, -0.15) is 0 Å². The highest BCUT2D eigenvalue weighted by molar-refractivity contribution is 5.79. The third kappa shape index (κ3) is 3.19. The van der Waals surface area contributed by atoms with Crippen molar-refractivity contribution in [3.8, 4) is 0 Å². The molecule has 0 aliphatic heterocycles. The van der Waals surface area contributed by atoms with Gasteiger partial charge in [-0.05, 0) is 25.7 Å². The van der Waals surface area contributed by atoms with E-state index in [2.05, 4.69) is 5.32 Å². The Balaban J connectivity index is 1.86. The van der Waals surface area contributed by atoms with E-state index in [0.29, 0.717) is 0 Å². The van der Waals surface area contributed by atoms with Crippen molar-refractivity contribution in [3.63, 3.8) is 0 Å². The molecular formula is C13H24N2O2. The maximum atomic E-state index is 12.1. The first-order valence-corrected chi connectivity index (χ1v) is 6.92. The zero-order valence-corrected chi connectivity index (χ0v) is 10.4. The largest absolute Gasteiger partial charge is 0.391 e. The van der Waals surface area contributed by atoms with Crippen LogP contribution in [0.4, 0.5) is 0 Å². The fourth-order valence-electron chi connectivity index (χ4n) is 3.05. The summed E-state index contributed by atoms with van der Waals surface area (Å²) >= 11 is 0. The molecule has 0 aromatic rings. The van der Waals surface area contributed by atoms with E-state index in [0.717, 1.165) is 51.4 Å². The third-order valence-electron chi connectivity index (χ3n) is 4.21. The molecule has 98 valence electrons. The fraction of sp³-hybridized carbons (Fsp3) is 0.923. The van der Waals surface area contributed by atoms with Gasteiger partial charge in [0.05, 0.1) is 18.1 Å². The number of hydrogen-bond acceptors (Lipinski definition) is 3. The number of nitrogens with two attached hydrogens (primary N) is 1. The molecule has 2 rings (SSSR count). The van der Waals surface area contributed by atoms with E-state index in [1.165, 1.54) is 0 Å². The van der Waals surface area contributed by atoms with Crippen LogP contribution >= 0.6 is 0 Å². The predicted molar refractivity (Wildman–Crippen MR) is 66.3 cm³/mol. The molecule has 17 heavy (non-hydrogen) atoms. The van der Waals surface area contributed by atoms with Gasteiger partial charge >= 0.3 is 0 Å². The molecule has 2 aliphatic carbocycles. The van der Waals surface area contributed by atoms with E-state index in [-0.39, 0.29) is 30.0 Å². The highest BCUT2D eigenvalue weighted by Gasteiger charge is 2.31. The molecule has 2 aliphatic rings. The number of aliphatic hydroxyl groups excluding tert-OH is 1. The third-order valence-corrected chi connectivity index (χ3v) is 4.21. The number of rotatable bonds is 2. The minimum Gasteiger partial charge on any atom is -0.391 e. The molecule has 2 saturated carbocycles. The lowest BCUT2D eigenvalue weighted by atomic mass is 9.83. The van der Waals surface area contributed by atoms with Crippen LogP contribution in [0.3, 0.4) is 0 Å². The van der Waals surface area contributed by atoms with Crippen molar-refractivity contribution in [3.05, 3.63) is 0 Å². The van der Waals surface area contributed by atoms with Crippen LogP contribution in [0.25, 0.3) is 0 Å². The molecule has 4 atom stereocenters. The Labute approximate surface area is 103 Å². The molecule has 1 amide bonds. The summed E-state index contributed by atoms with van der Waals surface area (Å²) in [5.74, 6) is 0.0148. The van der Waals surface area contributed by atoms with Crippen molar-refractivity contribution >= 4 is 5.91 Å². The SMILES string of the molecule is NC1CCCCC1C(=O)N[C@H]1CCCC[C@@H]1O. The topological polar surface area (TPSA) is 75.4 Å². The summed E-state index contributed by atoms with van der Waals surface area (Å²) in [6.07, 6.45) is 7.58. The molecule has 0 spiro atoms. The first kappa shape index (κ1) is 12.8. The molecule has 4 nitrogen and oxygen atoms in total. The summed E-state index contributed by atoms with van der Waals surface area (Å²) in [6.45, 7) is 0. The van der Waals surface area contributed by atoms with Gasteiger partial charge in [-0.15, -0.1) is 0 Å². The van der Waals surface area contributed by atoms with Crippen LogP contribution in [0.5, 0.6) is 0 Å². The molecule has 2 fully saturated rings. The number of hydrogen-bond donors (Lipinski definition) is 3. The van der Waals surface area contributed by atoms with Crippen LogP contribution < -0.4 is 11.1 Å². The summed E-state index contributed by atoms with van der Waals surface area (Å²) in [5.41, 5.74) is 6.00. The Morgan fingerprint density at radius 3 is 2.41 bits per heavy atom. The fourth-order valence-corrected chi connectivity index (χ4v) is 3.05. The van der Waals surface area contributed by atoms with Crippen molar-refractivity contribution in [2.45, 2.75) is 69.6 Å². The van der Waals surface area contributed by atoms with Crippen LogP contribution in [-0.2, 0) is 4.79 Å². The van der Waals surface area contributed by atoms with Crippen LogP contribution in [-0.4, -0.2) is 29.2 Å². The second-order valence-corrected chi connectivity index (χ2v) is 5.52. The number of aliphatic hydroxyl groups is 1. The van der Waals surface area contributed by atoms with Gasteiger partial charge in [-0.1, -0.05) is 25.7 Å². The predicted octanol–water partition coefficient (Wildman–Crippen LogP) is 0.924. The van der Waals surface area contributed by atoms with Crippen LogP contribution in [0.2, 0.25) is 0 Å². The minimum atomic E-state index is -0.368. The maximum Gasteiger partial charge on any atom is 0.224 e. The zero-order chi connectivity index (χ0) is 12.3. The van der Waals surface area contributed by atoms with Gasteiger partial charge in [0.1, 0.15) is 0 Å². The van der Waals surface area contributed by atoms with Crippen LogP contribution in [0.15, 0.2) is 0 Å². The number of amides is 1. The van der Waals surface area contributed by atoms with E-state index in [1.54, 1.807) is 0 Å². The maximum absolute atomic E-state index is 12.1. The molecular weight excluding hydrogens is 216 g/mol. The Bertz CT molecular complexity index is 270. The van der Waals surface area contributed by atoms with Crippen molar-refractivity contribution in [2.24, 2.45) is 11.7 Å². The van der Waals surface area contributed by atoms with Gasteiger partial charge in [0.2, 0.25) is 5.91 Å². The summed E-state index contributed by atoms with van der Waals surface area (Å²) in [5, 5.41) is 12.8. The Hall–Kier alpha value is -0.610. The van der Waals surface area contributed by atoms with Crippen LogP contribution in [0.1, 0.15) is 51.4 Å². The van der Waals surface area contributed by atoms with Gasteiger partial charge < -0.3 is 16.2 Å². The molecule has 0 heterocycles. The molecule has 2 unspecified atom stereocenters. The second kappa shape index (κ2) is 5.83. The van der Waals surface area contributed by atoms with E-state index >= 15 is 0 Å². The average molecular weight is 240 g/mol. The highest BCUT2D eigenvalue weighted by atomic mass is 16.3. The molecule has 0 bridgehead atoms. The zero-order valence-electron chi connectivity index (χ0n) is 10.4. The average Bonchev–Trinajstić information content (AvgIpc) is 2.32. The lowest BCUT2D eigenvalue weighted by molar-refractivity contribution is -0.128. The number of carbonyl (C=O) groups is 1. The standard InChI is InChI=1S/C13H24N2O2/c14-10-6-2-1-5-9(10)13(17)15-11-7-3-4-8-12(11)16/h9-12,16H,1-8,14H2,(H,15,17)/t9?,10?,11-,12-/m0/s1. The molecule has 0 radical (unpaired) electrons. The Morgan fingerprint density at radius 2 is 1.71 bits per heavy atom. The van der Waals surface area contributed by atoms with E-state index < -0.39 is 0 Å². The summed E-state index contributed by atoms with van der Waals surface area (Å²) in [6, 6.07) is -0.0464. The van der Waals surface area contributed by atoms with Crippen molar-refractivity contribution < 1.29 is 9.90 Å². The molecule has 0 aromatic carbocycles. The van der Waals surface area contributed by atoms with Crippen LogP contribution in [0, 0.1) is 5.92 Å².